The van der Waals surface area contributed by atoms with Crippen molar-refractivity contribution in [3.8, 4) is 17.3 Å². The Morgan fingerprint density at radius 2 is 2.12 bits per heavy atom. The molecule has 5 rings (SSSR count). The number of imidazole rings is 1. The van der Waals surface area contributed by atoms with Crippen LogP contribution in [0.5, 0.6) is 5.88 Å². The SMILES string of the molecule is CN1CCCC(Oc2ccc3ncc(-c4cc5ccccc5o4)n3n2)C1. The van der Waals surface area contributed by atoms with Crippen LogP contribution in [0.3, 0.4) is 0 Å². The third-order valence-electron chi connectivity index (χ3n) is 4.88. The van der Waals surface area contributed by atoms with Gasteiger partial charge in [-0.05, 0) is 44.6 Å². The van der Waals surface area contributed by atoms with Gasteiger partial charge in [0.05, 0.1) is 6.20 Å². The van der Waals surface area contributed by atoms with Crippen LogP contribution in [0.4, 0.5) is 0 Å². The highest BCUT2D eigenvalue weighted by molar-refractivity contribution is 5.82. The van der Waals surface area contributed by atoms with Crippen molar-refractivity contribution in [2.24, 2.45) is 0 Å². The lowest BCUT2D eigenvalue weighted by atomic mass is 10.1. The van der Waals surface area contributed by atoms with E-state index in [4.69, 9.17) is 9.15 Å². The maximum atomic E-state index is 6.12. The van der Waals surface area contributed by atoms with Gasteiger partial charge in [-0.1, -0.05) is 18.2 Å². The summed E-state index contributed by atoms with van der Waals surface area (Å²) in [5.74, 6) is 1.37. The zero-order valence-electron chi connectivity index (χ0n) is 14.6. The first-order chi connectivity index (χ1) is 12.8. The number of ether oxygens (including phenoxy) is 1. The number of piperidine rings is 1. The lowest BCUT2D eigenvalue weighted by molar-refractivity contribution is 0.0988. The van der Waals surface area contributed by atoms with Crippen LogP contribution in [0.2, 0.25) is 0 Å². The van der Waals surface area contributed by atoms with Crippen molar-refractivity contribution in [1.82, 2.24) is 19.5 Å². The summed E-state index contributed by atoms with van der Waals surface area (Å²) in [7, 11) is 2.13. The van der Waals surface area contributed by atoms with Crippen molar-refractivity contribution < 1.29 is 9.15 Å². The topological polar surface area (TPSA) is 55.8 Å². The first-order valence-corrected chi connectivity index (χ1v) is 8.95. The molecule has 1 saturated heterocycles. The van der Waals surface area contributed by atoms with Crippen LogP contribution < -0.4 is 4.74 Å². The van der Waals surface area contributed by atoms with E-state index < -0.39 is 0 Å². The molecule has 1 aliphatic heterocycles. The van der Waals surface area contributed by atoms with Gasteiger partial charge in [0.1, 0.15) is 17.4 Å². The number of fused-ring (bicyclic) bond motifs is 2. The summed E-state index contributed by atoms with van der Waals surface area (Å²) >= 11 is 0. The van der Waals surface area contributed by atoms with Gasteiger partial charge in [0, 0.05) is 18.0 Å². The van der Waals surface area contributed by atoms with Gasteiger partial charge in [0.25, 0.3) is 0 Å². The summed E-state index contributed by atoms with van der Waals surface area (Å²) in [6.45, 7) is 2.06. The van der Waals surface area contributed by atoms with Gasteiger partial charge in [0.15, 0.2) is 11.4 Å². The second-order valence-corrected chi connectivity index (χ2v) is 6.88. The number of furan rings is 1. The third kappa shape index (κ3) is 2.72. The Kier molecular flexibility index (Phi) is 3.64. The van der Waals surface area contributed by atoms with E-state index in [2.05, 4.69) is 22.0 Å². The average Bonchev–Trinajstić information content (AvgIpc) is 3.25. The molecule has 6 nitrogen and oxygen atoms in total. The minimum absolute atomic E-state index is 0.178. The number of para-hydroxylation sites is 1. The molecule has 0 amide bonds. The highest BCUT2D eigenvalue weighted by atomic mass is 16.5. The Morgan fingerprint density at radius 1 is 1.19 bits per heavy atom. The molecule has 0 saturated carbocycles. The van der Waals surface area contributed by atoms with Crippen LogP contribution in [0.1, 0.15) is 12.8 Å². The quantitative estimate of drug-likeness (QED) is 0.566. The van der Waals surface area contributed by atoms with Crippen LogP contribution >= 0.6 is 0 Å². The number of nitrogens with zero attached hydrogens (tertiary/aromatic N) is 4. The third-order valence-corrected chi connectivity index (χ3v) is 4.88. The predicted octanol–water partition coefficient (Wildman–Crippen LogP) is 3.62. The molecule has 26 heavy (non-hydrogen) atoms. The van der Waals surface area contributed by atoms with E-state index in [1.165, 1.54) is 0 Å². The number of rotatable bonds is 3. The average molecular weight is 348 g/mol. The van der Waals surface area contributed by atoms with Crippen LogP contribution in [-0.2, 0) is 0 Å². The van der Waals surface area contributed by atoms with Crippen LogP contribution in [-0.4, -0.2) is 45.7 Å². The van der Waals surface area contributed by atoms with Crippen molar-refractivity contribution in [2.75, 3.05) is 20.1 Å². The molecule has 1 fully saturated rings. The molecule has 6 heteroatoms. The van der Waals surface area contributed by atoms with Crippen LogP contribution in [0.25, 0.3) is 28.1 Å². The monoisotopic (exact) mass is 348 g/mol. The van der Waals surface area contributed by atoms with E-state index in [-0.39, 0.29) is 6.10 Å². The summed E-state index contributed by atoms with van der Waals surface area (Å²) in [5, 5.41) is 5.72. The van der Waals surface area contributed by atoms with Gasteiger partial charge >= 0.3 is 0 Å². The lowest BCUT2D eigenvalue weighted by Gasteiger charge is -2.29. The maximum absolute atomic E-state index is 6.12. The molecule has 0 bridgehead atoms. The molecule has 0 N–H and O–H groups in total. The molecule has 1 aliphatic rings. The number of benzene rings is 1. The number of likely N-dealkylation sites (tertiary alicyclic amines) is 1. The van der Waals surface area contributed by atoms with E-state index in [1.807, 2.05) is 42.5 Å². The molecule has 1 aromatic carbocycles. The second-order valence-electron chi connectivity index (χ2n) is 6.88. The predicted molar refractivity (Wildman–Crippen MR) is 99.3 cm³/mol. The molecule has 3 aromatic heterocycles. The van der Waals surface area contributed by atoms with Gasteiger partial charge in [-0.15, -0.1) is 5.10 Å². The standard InChI is InChI=1S/C20H20N4O2/c1-23-10-4-6-15(13-23)25-20-9-8-19-21-12-16(24(19)22-20)18-11-14-5-2-3-7-17(14)26-18/h2-3,5,7-9,11-12,15H,4,6,10,13H2,1H3. The summed E-state index contributed by atoms with van der Waals surface area (Å²) in [6.07, 6.45) is 4.18. The van der Waals surface area contributed by atoms with E-state index >= 15 is 0 Å². The molecule has 4 aromatic rings. The second kappa shape index (κ2) is 6.14. The highest BCUT2D eigenvalue weighted by Gasteiger charge is 2.20. The lowest BCUT2D eigenvalue weighted by Crippen LogP contribution is -2.38. The van der Waals surface area contributed by atoms with Crippen molar-refractivity contribution in [3.05, 3.63) is 48.7 Å². The normalized spacial score (nSPS) is 18.6. The summed E-state index contributed by atoms with van der Waals surface area (Å²) < 4.78 is 13.9. The largest absolute Gasteiger partial charge is 0.472 e. The molecule has 1 unspecified atom stereocenters. The Balaban J connectivity index is 1.50. The van der Waals surface area contributed by atoms with E-state index in [0.717, 1.165) is 54.0 Å². The Morgan fingerprint density at radius 3 is 3.00 bits per heavy atom. The Bertz CT molecular complexity index is 1030. The molecule has 132 valence electrons. The number of hydrogen-bond donors (Lipinski definition) is 0. The molecule has 0 spiro atoms. The zero-order valence-corrected chi connectivity index (χ0v) is 14.6. The van der Waals surface area contributed by atoms with Crippen molar-refractivity contribution in [2.45, 2.75) is 18.9 Å². The molecule has 4 heterocycles. The van der Waals surface area contributed by atoms with Crippen LogP contribution in [0.15, 0.2) is 53.1 Å². The highest BCUT2D eigenvalue weighted by Crippen LogP contribution is 2.28. The smallest absolute Gasteiger partial charge is 0.232 e. The van der Waals surface area contributed by atoms with E-state index in [9.17, 15) is 0 Å². The molecule has 0 aliphatic carbocycles. The molecule has 0 radical (unpaired) electrons. The summed E-state index contributed by atoms with van der Waals surface area (Å²) in [4.78, 5) is 6.74. The fraction of sp³-hybridized carbons (Fsp3) is 0.300. The minimum atomic E-state index is 0.178. The minimum Gasteiger partial charge on any atom is -0.472 e. The van der Waals surface area contributed by atoms with Crippen molar-refractivity contribution in [3.63, 3.8) is 0 Å². The van der Waals surface area contributed by atoms with Crippen molar-refractivity contribution >= 4 is 16.6 Å². The molecular formula is C20H20N4O2. The molecule has 1 atom stereocenters. The summed E-state index contributed by atoms with van der Waals surface area (Å²) in [5.41, 5.74) is 2.45. The maximum Gasteiger partial charge on any atom is 0.232 e. The Hall–Kier alpha value is -2.86. The zero-order chi connectivity index (χ0) is 17.5. The Labute approximate surface area is 151 Å². The first kappa shape index (κ1) is 15.4. The van der Waals surface area contributed by atoms with Gasteiger partial charge < -0.3 is 14.1 Å². The van der Waals surface area contributed by atoms with Gasteiger partial charge in [-0.25, -0.2) is 9.50 Å². The van der Waals surface area contributed by atoms with Crippen LogP contribution in [0, 0.1) is 0 Å². The van der Waals surface area contributed by atoms with Crippen molar-refractivity contribution in [1.29, 1.82) is 0 Å². The van der Waals surface area contributed by atoms with Gasteiger partial charge in [-0.3, -0.25) is 0 Å². The van der Waals surface area contributed by atoms with Gasteiger partial charge in [-0.2, -0.15) is 0 Å². The number of likely N-dealkylation sites (N-methyl/N-ethyl adjacent to an activating group) is 1. The fourth-order valence-electron chi connectivity index (χ4n) is 3.58. The number of hydrogen-bond acceptors (Lipinski definition) is 5. The fourth-order valence-corrected chi connectivity index (χ4v) is 3.58. The number of aromatic nitrogens is 3. The van der Waals surface area contributed by atoms with E-state index in [1.54, 1.807) is 10.7 Å². The van der Waals surface area contributed by atoms with Gasteiger partial charge in [0.2, 0.25) is 5.88 Å². The summed E-state index contributed by atoms with van der Waals surface area (Å²) in [6, 6.07) is 13.8. The first-order valence-electron chi connectivity index (χ1n) is 8.95. The molecular weight excluding hydrogens is 328 g/mol. The van der Waals surface area contributed by atoms with E-state index in [0.29, 0.717) is 5.88 Å².